The van der Waals surface area contributed by atoms with Crippen molar-refractivity contribution in [3.05, 3.63) is 64.2 Å². The molecule has 0 aliphatic rings. The molecule has 0 fully saturated rings. The molecule has 0 saturated carbocycles. The third kappa shape index (κ3) is 9.74. The Morgan fingerprint density at radius 1 is 0.946 bits per heavy atom. The number of nitrogens with zero attached hydrogens (tertiary/aromatic N) is 4. The second-order valence-corrected chi connectivity index (χ2v) is 11.9. The lowest BCUT2D eigenvalue weighted by Crippen LogP contribution is -2.37. The fourth-order valence-corrected chi connectivity index (χ4v) is 3.88. The van der Waals surface area contributed by atoms with E-state index < -0.39 is 0 Å². The van der Waals surface area contributed by atoms with E-state index in [2.05, 4.69) is 99.3 Å². The van der Waals surface area contributed by atoms with E-state index in [9.17, 15) is 9.90 Å². The lowest BCUT2D eigenvalue weighted by molar-refractivity contribution is -0.121. The summed E-state index contributed by atoms with van der Waals surface area (Å²) in [4.78, 5) is 20.7. The highest BCUT2D eigenvalue weighted by atomic mass is 16.3. The molecule has 0 radical (unpaired) electrons. The second kappa shape index (κ2) is 13.0. The first kappa shape index (κ1) is 30.2. The van der Waals surface area contributed by atoms with Gasteiger partial charge in [0.2, 0.25) is 0 Å². The molecule has 0 saturated heterocycles. The lowest BCUT2D eigenvalue weighted by Gasteiger charge is -2.26. The van der Waals surface area contributed by atoms with Crippen molar-refractivity contribution in [2.75, 3.05) is 40.8 Å². The van der Waals surface area contributed by atoms with Crippen LogP contribution in [0.15, 0.2) is 46.5 Å². The Morgan fingerprint density at radius 2 is 1.57 bits per heavy atom. The van der Waals surface area contributed by atoms with Gasteiger partial charge in [-0.25, -0.2) is 5.43 Å². The smallest absolute Gasteiger partial charge is 0.254 e. The van der Waals surface area contributed by atoms with Crippen molar-refractivity contribution in [3.63, 3.8) is 0 Å². The van der Waals surface area contributed by atoms with Crippen molar-refractivity contribution in [2.45, 2.75) is 58.9 Å². The molecule has 7 nitrogen and oxygen atoms in total. The molecular weight excluding hydrogens is 462 g/mol. The number of likely N-dealkylation sites (N-methyl/N-ethyl adjacent to an activating group) is 2. The number of hydrazone groups is 1. The zero-order valence-electron chi connectivity index (χ0n) is 24.1. The summed E-state index contributed by atoms with van der Waals surface area (Å²) < 4.78 is 0. The minimum Gasteiger partial charge on any atom is -0.507 e. The molecule has 0 atom stereocenters. The van der Waals surface area contributed by atoms with E-state index in [4.69, 9.17) is 0 Å². The molecule has 7 heteroatoms. The molecule has 0 heterocycles. The Balaban J connectivity index is 1.90. The third-order valence-corrected chi connectivity index (χ3v) is 6.19. The SMILES string of the molecule is C/N=C\c1ccc(CN(C)CCN(C)CC(=O)N/N=C/c2cc(C(C)(C)C)cc(C(C)(C)C)c2O)cc1. The molecule has 37 heavy (non-hydrogen) atoms. The first-order chi connectivity index (χ1) is 17.2. The number of phenolic OH excluding ortho intramolecular Hbond substituents is 1. The minimum atomic E-state index is -0.222. The maximum Gasteiger partial charge on any atom is 0.254 e. The molecule has 0 spiro atoms. The minimum absolute atomic E-state index is 0.0806. The summed E-state index contributed by atoms with van der Waals surface area (Å²) in [6.45, 7) is 15.3. The van der Waals surface area contributed by atoms with Crippen LogP contribution in [-0.4, -0.2) is 74.0 Å². The van der Waals surface area contributed by atoms with Crippen molar-refractivity contribution in [1.82, 2.24) is 15.2 Å². The number of nitrogens with one attached hydrogen (secondary N) is 1. The fraction of sp³-hybridized carbons (Fsp3) is 0.500. The van der Waals surface area contributed by atoms with Gasteiger partial charge in [-0.2, -0.15) is 5.10 Å². The summed E-state index contributed by atoms with van der Waals surface area (Å²) in [6, 6.07) is 12.4. The zero-order chi connectivity index (χ0) is 27.8. The molecule has 2 rings (SSSR count). The van der Waals surface area contributed by atoms with Gasteiger partial charge in [-0.15, -0.1) is 0 Å². The first-order valence-electron chi connectivity index (χ1n) is 12.8. The second-order valence-electron chi connectivity index (χ2n) is 11.9. The normalized spacial score (nSPS) is 12.8. The number of phenols is 1. The van der Waals surface area contributed by atoms with Gasteiger partial charge in [0.05, 0.1) is 12.8 Å². The summed E-state index contributed by atoms with van der Waals surface area (Å²) in [5, 5.41) is 15.0. The number of hydrogen-bond donors (Lipinski definition) is 2. The number of benzene rings is 2. The number of rotatable bonds is 10. The van der Waals surface area contributed by atoms with Gasteiger partial charge >= 0.3 is 0 Å². The maximum atomic E-state index is 12.4. The Morgan fingerprint density at radius 3 is 2.14 bits per heavy atom. The van der Waals surface area contributed by atoms with Crippen LogP contribution in [0.1, 0.15) is 69.4 Å². The van der Waals surface area contributed by atoms with Crippen LogP contribution in [0.25, 0.3) is 0 Å². The topological polar surface area (TPSA) is 80.5 Å². The van der Waals surface area contributed by atoms with E-state index in [1.165, 1.54) is 11.8 Å². The highest BCUT2D eigenvalue weighted by Gasteiger charge is 2.24. The van der Waals surface area contributed by atoms with E-state index in [1.807, 2.05) is 24.2 Å². The van der Waals surface area contributed by atoms with E-state index in [1.54, 1.807) is 7.05 Å². The molecule has 0 bridgehead atoms. The molecule has 0 aliphatic heterocycles. The summed E-state index contributed by atoms with van der Waals surface area (Å²) in [5.74, 6) is 0.00359. The van der Waals surface area contributed by atoms with Gasteiger partial charge in [0.15, 0.2) is 0 Å². The third-order valence-electron chi connectivity index (χ3n) is 6.19. The zero-order valence-corrected chi connectivity index (χ0v) is 24.1. The Bertz CT molecular complexity index is 1090. The summed E-state index contributed by atoms with van der Waals surface area (Å²) >= 11 is 0. The van der Waals surface area contributed by atoms with Crippen molar-refractivity contribution in [2.24, 2.45) is 10.1 Å². The number of carbonyl (C=O) groups is 1. The largest absolute Gasteiger partial charge is 0.507 e. The standard InChI is InChI=1S/C30H45N5O2/c1-29(2,3)25-16-24(28(37)26(17-25)30(4,5)6)19-32-33-27(36)21-35(9)15-14-34(8)20-23-12-10-22(11-13-23)18-31-7/h10-13,16-19,37H,14-15,20-21H2,1-9H3,(H,33,36)/b31-18-,32-19+. The van der Waals surface area contributed by atoms with Gasteiger partial charge in [0, 0.05) is 44.0 Å². The molecule has 0 unspecified atom stereocenters. The number of carbonyl (C=O) groups excluding carboxylic acids is 1. The van der Waals surface area contributed by atoms with Crippen molar-refractivity contribution in [3.8, 4) is 5.75 Å². The Labute approximate surface area is 223 Å². The summed E-state index contributed by atoms with van der Waals surface area (Å²) in [7, 11) is 5.76. The van der Waals surface area contributed by atoms with E-state index >= 15 is 0 Å². The number of aliphatic imine (C=N–C) groups is 1. The van der Waals surface area contributed by atoms with E-state index in [-0.39, 0.29) is 29.0 Å². The van der Waals surface area contributed by atoms with Crippen LogP contribution in [0, 0.1) is 0 Å². The molecule has 2 aromatic rings. The molecular formula is C30H45N5O2. The van der Waals surface area contributed by atoms with Crippen LogP contribution in [-0.2, 0) is 22.2 Å². The summed E-state index contributed by atoms with van der Waals surface area (Å²) in [6.07, 6.45) is 3.37. The quantitative estimate of drug-likeness (QED) is 0.365. The summed E-state index contributed by atoms with van der Waals surface area (Å²) in [5.41, 5.74) is 7.20. The van der Waals surface area contributed by atoms with Crippen LogP contribution in [0.3, 0.4) is 0 Å². The highest BCUT2D eigenvalue weighted by molar-refractivity contribution is 5.86. The van der Waals surface area contributed by atoms with Gasteiger partial charge in [0.25, 0.3) is 5.91 Å². The van der Waals surface area contributed by atoms with Crippen molar-refractivity contribution >= 4 is 18.3 Å². The number of aromatic hydroxyl groups is 1. The Hall–Kier alpha value is -3.03. The number of hydrogen-bond acceptors (Lipinski definition) is 6. The predicted octanol–water partition coefficient (Wildman–Crippen LogP) is 4.55. The molecule has 2 aromatic carbocycles. The monoisotopic (exact) mass is 507 g/mol. The van der Waals surface area contributed by atoms with Gasteiger partial charge in [-0.1, -0.05) is 71.9 Å². The van der Waals surface area contributed by atoms with Crippen LogP contribution in [0.4, 0.5) is 0 Å². The molecule has 202 valence electrons. The molecule has 0 aliphatic carbocycles. The first-order valence-corrected chi connectivity index (χ1v) is 12.8. The maximum absolute atomic E-state index is 12.4. The van der Waals surface area contributed by atoms with Crippen LogP contribution in [0.2, 0.25) is 0 Å². The van der Waals surface area contributed by atoms with E-state index in [0.29, 0.717) is 5.56 Å². The molecule has 2 N–H and O–H groups in total. The molecule has 0 aromatic heterocycles. The van der Waals surface area contributed by atoms with Gasteiger partial charge in [-0.05, 0) is 47.7 Å². The van der Waals surface area contributed by atoms with Crippen LogP contribution in [0.5, 0.6) is 5.75 Å². The van der Waals surface area contributed by atoms with E-state index in [0.717, 1.165) is 36.3 Å². The van der Waals surface area contributed by atoms with Gasteiger partial charge < -0.3 is 10.0 Å². The average molecular weight is 508 g/mol. The van der Waals surface area contributed by atoms with Crippen LogP contribution < -0.4 is 5.43 Å². The van der Waals surface area contributed by atoms with Crippen molar-refractivity contribution < 1.29 is 9.90 Å². The number of amides is 1. The lowest BCUT2D eigenvalue weighted by atomic mass is 9.79. The van der Waals surface area contributed by atoms with Gasteiger partial charge in [0.1, 0.15) is 5.75 Å². The van der Waals surface area contributed by atoms with Crippen molar-refractivity contribution in [1.29, 1.82) is 0 Å². The molecule has 1 amide bonds. The predicted molar refractivity (Wildman–Crippen MR) is 155 cm³/mol. The van der Waals surface area contributed by atoms with Crippen LogP contribution >= 0.6 is 0 Å². The highest BCUT2D eigenvalue weighted by Crippen LogP contribution is 2.37. The fourth-order valence-electron chi connectivity index (χ4n) is 3.88. The Kier molecular flexibility index (Phi) is 10.6. The average Bonchev–Trinajstić information content (AvgIpc) is 2.78. The van der Waals surface area contributed by atoms with Gasteiger partial charge in [-0.3, -0.25) is 14.7 Å².